The van der Waals surface area contributed by atoms with E-state index in [0.29, 0.717) is 0 Å². The van der Waals surface area contributed by atoms with Gasteiger partial charge in [-0.2, -0.15) is 13.2 Å². The van der Waals surface area contributed by atoms with Crippen LogP contribution in [0, 0.1) is 15.9 Å². The quantitative estimate of drug-likeness (QED) is 0.513. The maximum Gasteiger partial charge on any atom is 0.304 e. The van der Waals surface area contributed by atoms with E-state index in [1.165, 1.54) is 17.2 Å². The second-order valence-corrected chi connectivity index (χ2v) is 7.96. The van der Waals surface area contributed by atoms with E-state index in [-0.39, 0.29) is 41.9 Å². The molecule has 2 aromatic rings. The minimum atomic E-state index is -1.76. The molecule has 170 valence electrons. The molecule has 0 aliphatic carbocycles. The molecular weight excluding hydrogens is 451 g/mol. The fourth-order valence-corrected chi connectivity index (χ4v) is 3.83. The summed E-state index contributed by atoms with van der Waals surface area (Å²) in [6, 6.07) is 2.06. The normalized spacial score (nSPS) is 15.8. The fourth-order valence-electron chi connectivity index (χ4n) is 3.41. The largest absolute Gasteiger partial charge is 0.340 e. The van der Waals surface area contributed by atoms with Gasteiger partial charge in [0.25, 0.3) is 12.0 Å². The Kier molecular flexibility index (Phi) is 7.18. The Morgan fingerprint density at radius 3 is 2.50 bits per heavy atom. The van der Waals surface area contributed by atoms with Crippen LogP contribution in [0.25, 0.3) is 0 Å². The number of carbonyl (C=O) groups is 2. The third kappa shape index (κ3) is 5.10. The molecule has 1 aromatic carbocycles. The van der Waals surface area contributed by atoms with E-state index >= 15 is 0 Å². The van der Waals surface area contributed by atoms with E-state index in [1.807, 2.05) is 0 Å². The molecule has 1 fully saturated rings. The van der Waals surface area contributed by atoms with Gasteiger partial charge in [-0.1, -0.05) is 17.5 Å². The number of halogens is 3. The van der Waals surface area contributed by atoms with Gasteiger partial charge in [0, 0.05) is 25.1 Å². The van der Waals surface area contributed by atoms with Gasteiger partial charge in [0.05, 0.1) is 11.1 Å². The number of hydrogen-bond acceptors (Lipinski definition) is 7. The van der Waals surface area contributed by atoms with Crippen molar-refractivity contribution in [2.75, 3.05) is 13.1 Å². The number of aromatic nitrogens is 2. The van der Waals surface area contributed by atoms with E-state index < -0.39 is 46.3 Å². The zero-order valence-corrected chi connectivity index (χ0v) is 17.6. The second-order valence-electron chi connectivity index (χ2n) is 7.18. The molecule has 1 aromatic heterocycles. The first-order valence-electron chi connectivity index (χ1n) is 9.53. The van der Waals surface area contributed by atoms with E-state index in [2.05, 4.69) is 14.9 Å². The Labute approximate surface area is 184 Å². The number of nitrogens with zero attached hydrogens (tertiary/aromatic N) is 4. The molecule has 0 spiro atoms. The Hall–Kier alpha value is -3.35. The first-order valence-corrected chi connectivity index (χ1v) is 10.3. The molecular formula is C19H18F3N5O4S. The third-order valence-electron chi connectivity index (χ3n) is 5.28. The molecule has 9 nitrogen and oxygen atoms in total. The lowest BCUT2D eigenvalue weighted by molar-refractivity contribution is -0.387. The Morgan fingerprint density at radius 2 is 1.97 bits per heavy atom. The topological polar surface area (TPSA) is 118 Å². The molecule has 2 amide bonds. The molecule has 1 N–H and O–H groups in total. The van der Waals surface area contributed by atoms with E-state index in [4.69, 9.17) is 0 Å². The summed E-state index contributed by atoms with van der Waals surface area (Å²) in [6.45, 7) is 1.65. The number of carbonyl (C=O) groups excluding carboxylic acids is 2. The monoisotopic (exact) mass is 469 g/mol. The van der Waals surface area contributed by atoms with Crippen molar-refractivity contribution in [3.8, 4) is 0 Å². The molecule has 2 heterocycles. The van der Waals surface area contributed by atoms with Crippen molar-refractivity contribution in [2.24, 2.45) is 0 Å². The maximum absolute atomic E-state index is 14.2. The van der Waals surface area contributed by atoms with Crippen LogP contribution >= 0.6 is 11.5 Å². The molecule has 0 saturated carbocycles. The van der Waals surface area contributed by atoms with E-state index in [1.54, 1.807) is 6.92 Å². The molecule has 1 aliphatic heterocycles. The van der Waals surface area contributed by atoms with Crippen LogP contribution < -0.4 is 5.32 Å². The van der Waals surface area contributed by atoms with Crippen molar-refractivity contribution in [3.05, 3.63) is 62.4 Å². The number of nitro benzene ring substituents is 1. The number of nitrogens with one attached hydrogen (secondary N) is 1. The molecule has 0 bridgehead atoms. The third-order valence-corrected chi connectivity index (χ3v) is 5.94. The summed E-state index contributed by atoms with van der Waals surface area (Å²) in [4.78, 5) is 37.3. The number of benzene rings is 1. The van der Waals surface area contributed by atoms with Crippen LogP contribution in [0.5, 0.6) is 0 Å². The SMILES string of the molecule is C[C@@H](c1ccc([N+](=O)[O-])c(F)c1)[C@@H](NC(=O)c1cnns1)C(=O)N1CCC(=C(F)F)CC1. The van der Waals surface area contributed by atoms with Crippen molar-refractivity contribution in [1.29, 1.82) is 0 Å². The van der Waals surface area contributed by atoms with Crippen LogP contribution in [0.2, 0.25) is 0 Å². The van der Waals surface area contributed by atoms with Crippen molar-refractivity contribution < 1.29 is 27.7 Å². The predicted octanol–water partition coefficient (Wildman–Crippen LogP) is 3.26. The van der Waals surface area contributed by atoms with Crippen molar-refractivity contribution in [3.63, 3.8) is 0 Å². The van der Waals surface area contributed by atoms with Crippen LogP contribution in [-0.2, 0) is 4.79 Å². The summed E-state index contributed by atoms with van der Waals surface area (Å²) >= 11 is 0.816. The van der Waals surface area contributed by atoms with Gasteiger partial charge in [-0.05, 0) is 41.6 Å². The molecule has 1 aliphatic rings. The van der Waals surface area contributed by atoms with Crippen LogP contribution in [0.15, 0.2) is 36.0 Å². The highest BCUT2D eigenvalue weighted by Crippen LogP contribution is 2.28. The molecule has 2 atom stereocenters. The summed E-state index contributed by atoms with van der Waals surface area (Å²) in [5.74, 6) is -3.01. The molecule has 3 rings (SSSR count). The summed E-state index contributed by atoms with van der Waals surface area (Å²) in [5, 5.41) is 17.0. The van der Waals surface area contributed by atoms with E-state index in [0.717, 1.165) is 23.7 Å². The number of nitro groups is 1. The lowest BCUT2D eigenvalue weighted by atomic mass is 9.91. The van der Waals surface area contributed by atoms with Gasteiger partial charge in [-0.25, -0.2) is 0 Å². The molecule has 1 saturated heterocycles. The summed E-state index contributed by atoms with van der Waals surface area (Å²) in [5.41, 5.74) is -0.482. The Balaban J connectivity index is 1.87. The van der Waals surface area contributed by atoms with Gasteiger partial charge in [-0.3, -0.25) is 19.7 Å². The Bertz CT molecular complexity index is 1050. The van der Waals surface area contributed by atoms with Crippen molar-refractivity contribution in [2.45, 2.75) is 31.7 Å². The van der Waals surface area contributed by atoms with Crippen LogP contribution in [0.1, 0.15) is 40.9 Å². The lowest BCUT2D eigenvalue weighted by Gasteiger charge is -2.33. The average molecular weight is 469 g/mol. The molecule has 32 heavy (non-hydrogen) atoms. The molecule has 0 radical (unpaired) electrons. The standard InChI is InChI=1S/C19H18F3N5O4S/c1-10(12-2-3-14(27(30)31)13(20)8-12)16(24-18(28)15-9-23-25-32-15)19(29)26-6-4-11(5-7-26)17(21)22/h2-3,8-10,16H,4-7H2,1H3,(H,24,28)/t10-,16+/m0/s1. The minimum Gasteiger partial charge on any atom is -0.340 e. The number of rotatable bonds is 6. The summed E-state index contributed by atoms with van der Waals surface area (Å²) in [7, 11) is 0. The van der Waals surface area contributed by atoms with Crippen molar-refractivity contribution in [1.82, 2.24) is 19.8 Å². The Morgan fingerprint density at radius 1 is 1.28 bits per heavy atom. The zero-order valence-electron chi connectivity index (χ0n) is 16.8. The average Bonchev–Trinajstić information content (AvgIpc) is 3.31. The van der Waals surface area contributed by atoms with Crippen LogP contribution in [0.4, 0.5) is 18.9 Å². The lowest BCUT2D eigenvalue weighted by Crippen LogP contribution is -2.52. The highest BCUT2D eigenvalue weighted by Gasteiger charge is 2.34. The predicted molar refractivity (Wildman–Crippen MR) is 108 cm³/mol. The minimum absolute atomic E-state index is 0.00798. The van der Waals surface area contributed by atoms with Crippen LogP contribution in [-0.4, -0.2) is 50.4 Å². The first kappa shape index (κ1) is 23.3. The second kappa shape index (κ2) is 9.85. The van der Waals surface area contributed by atoms with Crippen molar-refractivity contribution >= 4 is 29.0 Å². The zero-order chi connectivity index (χ0) is 23.4. The van der Waals surface area contributed by atoms with Crippen LogP contribution in [0.3, 0.4) is 0 Å². The van der Waals surface area contributed by atoms with Gasteiger partial charge in [0.15, 0.2) is 0 Å². The summed E-state index contributed by atoms with van der Waals surface area (Å²) < 4.78 is 43.4. The van der Waals surface area contributed by atoms with Gasteiger partial charge in [0.1, 0.15) is 10.9 Å². The number of hydrogen-bond donors (Lipinski definition) is 1. The smallest absolute Gasteiger partial charge is 0.304 e. The van der Waals surface area contributed by atoms with E-state index in [9.17, 15) is 32.9 Å². The molecule has 0 unspecified atom stereocenters. The molecule has 13 heteroatoms. The summed E-state index contributed by atoms with van der Waals surface area (Å²) in [6.07, 6.45) is -0.517. The highest BCUT2D eigenvalue weighted by atomic mass is 32.1. The fraction of sp³-hybridized carbons (Fsp3) is 0.368. The maximum atomic E-state index is 14.2. The number of likely N-dealkylation sites (tertiary alicyclic amines) is 1. The highest BCUT2D eigenvalue weighted by molar-refractivity contribution is 7.07. The number of amides is 2. The first-order chi connectivity index (χ1) is 15.2. The number of piperidine rings is 1. The van der Waals surface area contributed by atoms with Gasteiger partial charge in [0.2, 0.25) is 11.7 Å². The van der Waals surface area contributed by atoms with Gasteiger partial charge in [-0.15, -0.1) is 5.10 Å². The van der Waals surface area contributed by atoms with Gasteiger partial charge < -0.3 is 10.2 Å². The van der Waals surface area contributed by atoms with Gasteiger partial charge >= 0.3 is 5.69 Å².